The van der Waals surface area contributed by atoms with Crippen LogP contribution in [-0.2, 0) is 0 Å². The van der Waals surface area contributed by atoms with Crippen molar-refractivity contribution < 1.29 is 0 Å². The summed E-state index contributed by atoms with van der Waals surface area (Å²) < 4.78 is 2.41. The molecule has 250 valence electrons. The first kappa shape index (κ1) is 30.9. The minimum absolute atomic E-state index is 0.343. The van der Waals surface area contributed by atoms with Crippen LogP contribution in [0.1, 0.15) is 5.56 Å². The normalized spacial score (nSPS) is 16.2. The fourth-order valence-electron chi connectivity index (χ4n) is 7.87. The number of nitrogens with zero attached hydrogens (tertiary/aromatic N) is 4. The molecule has 2 atom stereocenters. The van der Waals surface area contributed by atoms with E-state index in [4.69, 9.17) is 15.0 Å². The molecule has 0 N–H and O–H groups in total. The third-order valence-corrected chi connectivity index (χ3v) is 10.4. The highest BCUT2D eigenvalue weighted by Crippen LogP contribution is 2.44. The van der Waals surface area contributed by atoms with E-state index in [9.17, 15) is 0 Å². The van der Waals surface area contributed by atoms with Crippen molar-refractivity contribution >= 4 is 27.4 Å². The van der Waals surface area contributed by atoms with Crippen LogP contribution >= 0.6 is 0 Å². The van der Waals surface area contributed by atoms with Crippen molar-refractivity contribution in [3.8, 4) is 51.0 Å². The SMILES string of the molecule is C1=CC2C=CC(c3cccc4c3c3c(-c5cccc(-c6nc(-c7ccccc7)nc(-c7ccccc7)n6)c5)cccc3n4-c3ccccc3)=CC2C=C1. The molecule has 0 radical (unpaired) electrons. The lowest BCUT2D eigenvalue weighted by atomic mass is 9.81. The van der Waals surface area contributed by atoms with Crippen LogP contribution in [0.25, 0.3) is 78.4 Å². The number of benzene rings is 6. The molecule has 2 aliphatic carbocycles. The van der Waals surface area contributed by atoms with E-state index in [0.717, 1.165) is 33.5 Å². The van der Waals surface area contributed by atoms with Crippen LogP contribution in [0.3, 0.4) is 0 Å². The topological polar surface area (TPSA) is 43.6 Å². The van der Waals surface area contributed by atoms with E-state index in [1.54, 1.807) is 0 Å². The minimum Gasteiger partial charge on any atom is -0.309 e. The number of hydrogen-bond donors (Lipinski definition) is 0. The predicted molar refractivity (Wildman–Crippen MR) is 218 cm³/mol. The van der Waals surface area contributed by atoms with Crippen molar-refractivity contribution in [2.75, 3.05) is 0 Å². The molecule has 2 aliphatic rings. The molecule has 0 bridgehead atoms. The van der Waals surface area contributed by atoms with Gasteiger partial charge in [-0.2, -0.15) is 0 Å². The summed E-state index contributed by atoms with van der Waals surface area (Å²) in [5.41, 5.74) is 11.1. The summed E-state index contributed by atoms with van der Waals surface area (Å²) in [6.45, 7) is 0. The number of para-hydroxylation sites is 1. The number of hydrogen-bond acceptors (Lipinski definition) is 3. The summed E-state index contributed by atoms with van der Waals surface area (Å²) in [5.74, 6) is 2.68. The van der Waals surface area contributed by atoms with E-state index in [1.165, 1.54) is 32.9 Å². The van der Waals surface area contributed by atoms with Gasteiger partial charge in [-0.3, -0.25) is 0 Å². The number of aromatic nitrogens is 4. The molecule has 0 aliphatic heterocycles. The lowest BCUT2D eigenvalue weighted by molar-refractivity contribution is 0.663. The van der Waals surface area contributed by atoms with E-state index in [1.807, 2.05) is 60.7 Å². The minimum atomic E-state index is 0.343. The first-order chi connectivity index (χ1) is 26.3. The molecule has 2 unspecified atom stereocenters. The van der Waals surface area contributed by atoms with Crippen LogP contribution in [0.2, 0.25) is 0 Å². The second kappa shape index (κ2) is 13.0. The first-order valence-corrected chi connectivity index (χ1v) is 18.1. The van der Waals surface area contributed by atoms with Crippen LogP contribution in [0.4, 0.5) is 0 Å². The zero-order valence-electron chi connectivity index (χ0n) is 28.9. The van der Waals surface area contributed by atoms with Crippen LogP contribution in [0.5, 0.6) is 0 Å². The summed E-state index contributed by atoms with van der Waals surface area (Å²) in [6.07, 6.45) is 16.0. The Morgan fingerprint density at radius 3 is 1.58 bits per heavy atom. The molecule has 4 nitrogen and oxygen atoms in total. The molecule has 8 aromatic rings. The van der Waals surface area contributed by atoms with Gasteiger partial charge in [-0.05, 0) is 52.6 Å². The summed E-state index contributed by atoms with van der Waals surface area (Å²) >= 11 is 0. The summed E-state index contributed by atoms with van der Waals surface area (Å²) in [4.78, 5) is 15.0. The predicted octanol–water partition coefficient (Wildman–Crippen LogP) is 11.9. The molecule has 6 aromatic carbocycles. The molecule has 0 spiro atoms. The average molecular weight is 679 g/mol. The molecule has 2 aromatic heterocycles. The van der Waals surface area contributed by atoms with Gasteiger partial charge < -0.3 is 4.57 Å². The van der Waals surface area contributed by atoms with E-state index in [-0.39, 0.29) is 0 Å². The van der Waals surface area contributed by atoms with E-state index in [0.29, 0.717) is 29.3 Å². The standard InChI is InChI=1S/C49H34N4/c1-4-16-34(17-5-1)47-50-48(35-18-6-2-7-19-35)52-49(51-47)39-22-12-21-37(32-39)41-25-13-27-43-45(41)46-42(38-30-29-33-15-10-11-20-36(33)31-38)26-14-28-44(46)53(43)40-23-8-3-9-24-40/h1-33,36H. The zero-order chi connectivity index (χ0) is 35.1. The number of rotatable bonds is 6. The number of fused-ring (bicyclic) bond motifs is 4. The molecule has 0 saturated carbocycles. The quantitative estimate of drug-likeness (QED) is 0.176. The van der Waals surface area contributed by atoms with Crippen LogP contribution in [-0.4, -0.2) is 19.5 Å². The lowest BCUT2D eigenvalue weighted by Crippen LogP contribution is -2.11. The van der Waals surface area contributed by atoms with Crippen molar-refractivity contribution in [2.24, 2.45) is 11.8 Å². The Morgan fingerprint density at radius 2 is 0.925 bits per heavy atom. The Morgan fingerprint density at radius 1 is 0.415 bits per heavy atom. The van der Waals surface area contributed by atoms with Gasteiger partial charge in [0.15, 0.2) is 17.5 Å². The van der Waals surface area contributed by atoms with Crippen LogP contribution in [0, 0.1) is 11.8 Å². The van der Waals surface area contributed by atoms with Gasteiger partial charge in [0, 0.05) is 45.0 Å². The Labute approximate surface area is 308 Å². The van der Waals surface area contributed by atoms with Gasteiger partial charge in [0.2, 0.25) is 0 Å². The molecule has 53 heavy (non-hydrogen) atoms. The maximum absolute atomic E-state index is 5.05. The third kappa shape index (κ3) is 5.53. The smallest absolute Gasteiger partial charge is 0.164 e. The third-order valence-electron chi connectivity index (χ3n) is 10.4. The van der Waals surface area contributed by atoms with E-state index >= 15 is 0 Å². The Bertz CT molecular complexity index is 2710. The molecule has 2 heterocycles. The van der Waals surface area contributed by atoms with Gasteiger partial charge in [-0.25, -0.2) is 15.0 Å². The van der Waals surface area contributed by atoms with Crippen molar-refractivity contribution in [1.29, 1.82) is 0 Å². The van der Waals surface area contributed by atoms with Gasteiger partial charge in [0.25, 0.3) is 0 Å². The highest BCUT2D eigenvalue weighted by atomic mass is 15.0. The summed E-state index contributed by atoms with van der Waals surface area (Å²) in [7, 11) is 0. The molecule has 4 heteroatoms. The monoisotopic (exact) mass is 678 g/mol. The van der Waals surface area contributed by atoms with E-state index < -0.39 is 0 Å². The molecule has 10 rings (SSSR count). The zero-order valence-corrected chi connectivity index (χ0v) is 28.9. The maximum Gasteiger partial charge on any atom is 0.164 e. The summed E-state index contributed by atoms with van der Waals surface area (Å²) in [6, 6.07) is 53.0. The van der Waals surface area contributed by atoms with Crippen LogP contribution < -0.4 is 0 Å². The summed E-state index contributed by atoms with van der Waals surface area (Å²) in [5, 5.41) is 2.47. The largest absolute Gasteiger partial charge is 0.309 e. The Hall–Kier alpha value is -6.91. The van der Waals surface area contributed by atoms with Gasteiger partial charge in [0.05, 0.1) is 11.0 Å². The van der Waals surface area contributed by atoms with Gasteiger partial charge in [0.1, 0.15) is 0 Å². The fourth-order valence-corrected chi connectivity index (χ4v) is 7.87. The van der Waals surface area contributed by atoms with Gasteiger partial charge >= 0.3 is 0 Å². The van der Waals surface area contributed by atoms with Gasteiger partial charge in [-0.15, -0.1) is 0 Å². The highest BCUT2D eigenvalue weighted by molar-refractivity contribution is 6.19. The Kier molecular flexibility index (Phi) is 7.58. The Balaban J connectivity index is 1.19. The second-order valence-electron chi connectivity index (χ2n) is 13.6. The first-order valence-electron chi connectivity index (χ1n) is 18.1. The van der Waals surface area contributed by atoms with E-state index in [2.05, 4.69) is 138 Å². The molecular formula is C49H34N4. The molecule has 0 fully saturated rings. The molecule has 0 saturated heterocycles. The molecule has 0 amide bonds. The van der Waals surface area contributed by atoms with Gasteiger partial charge in [-0.1, -0.05) is 164 Å². The highest BCUT2D eigenvalue weighted by Gasteiger charge is 2.23. The van der Waals surface area contributed by atoms with Crippen molar-refractivity contribution in [1.82, 2.24) is 19.5 Å². The van der Waals surface area contributed by atoms with Crippen molar-refractivity contribution in [3.05, 3.63) is 200 Å². The fraction of sp³-hybridized carbons (Fsp3) is 0.0408. The van der Waals surface area contributed by atoms with Crippen LogP contribution in [0.15, 0.2) is 194 Å². The maximum atomic E-state index is 5.05. The van der Waals surface area contributed by atoms with Crippen molar-refractivity contribution in [2.45, 2.75) is 0 Å². The second-order valence-corrected chi connectivity index (χ2v) is 13.6. The van der Waals surface area contributed by atoms with Crippen molar-refractivity contribution in [3.63, 3.8) is 0 Å². The molecular weight excluding hydrogens is 645 g/mol. The lowest BCUT2D eigenvalue weighted by Gasteiger charge is -2.23. The number of allylic oxidation sites excluding steroid dienone is 8. The average Bonchev–Trinajstić information content (AvgIpc) is 3.59.